The summed E-state index contributed by atoms with van der Waals surface area (Å²) in [5.41, 5.74) is 0.779. The van der Waals surface area contributed by atoms with Crippen LogP contribution in [0.5, 0.6) is 5.75 Å². The lowest BCUT2D eigenvalue weighted by atomic mass is 9.75. The molecule has 1 aliphatic heterocycles. The summed E-state index contributed by atoms with van der Waals surface area (Å²) in [6, 6.07) is 13.9. The standard InChI is InChI=1S/C24H26N2O5/c1-30-20-11-4-3-10-19(20)26-22(28)16-8-7-9-17(14-16)25-23(29)18-15-21(27)31-24(18)12-5-2-6-13-24/h3-4,7-11,14,18H,2,5-6,12-13,15H2,1H3,(H,25,29)(H,26,28)/t18-/m1/s1. The molecule has 2 amide bonds. The Morgan fingerprint density at radius 3 is 2.58 bits per heavy atom. The van der Waals surface area contributed by atoms with Crippen molar-refractivity contribution in [2.45, 2.75) is 44.1 Å². The molecule has 1 aliphatic carbocycles. The molecule has 162 valence electrons. The first-order valence-electron chi connectivity index (χ1n) is 10.6. The molecule has 0 aromatic heterocycles. The van der Waals surface area contributed by atoms with Crippen molar-refractivity contribution >= 4 is 29.2 Å². The minimum Gasteiger partial charge on any atom is -0.495 e. The van der Waals surface area contributed by atoms with Crippen LogP contribution >= 0.6 is 0 Å². The van der Waals surface area contributed by atoms with Gasteiger partial charge in [-0.25, -0.2) is 0 Å². The van der Waals surface area contributed by atoms with Gasteiger partial charge in [0.1, 0.15) is 11.4 Å². The van der Waals surface area contributed by atoms with E-state index in [4.69, 9.17) is 9.47 Å². The van der Waals surface area contributed by atoms with Crippen LogP contribution in [-0.4, -0.2) is 30.5 Å². The molecule has 1 atom stereocenters. The molecule has 0 bridgehead atoms. The number of hydrogen-bond donors (Lipinski definition) is 2. The van der Waals surface area contributed by atoms with Gasteiger partial charge in [-0.3, -0.25) is 14.4 Å². The first-order valence-corrected chi connectivity index (χ1v) is 10.6. The van der Waals surface area contributed by atoms with Gasteiger partial charge in [0.25, 0.3) is 5.91 Å². The zero-order valence-corrected chi connectivity index (χ0v) is 17.5. The molecule has 2 N–H and O–H groups in total. The minimum atomic E-state index is -0.682. The highest BCUT2D eigenvalue weighted by atomic mass is 16.6. The smallest absolute Gasteiger partial charge is 0.307 e. The molecule has 2 aromatic rings. The Balaban J connectivity index is 1.47. The number of carbonyl (C=O) groups is 3. The van der Waals surface area contributed by atoms with Crippen molar-refractivity contribution in [3.8, 4) is 5.75 Å². The van der Waals surface area contributed by atoms with Crippen LogP contribution in [0.25, 0.3) is 0 Å². The van der Waals surface area contributed by atoms with Crippen molar-refractivity contribution in [3.63, 3.8) is 0 Å². The lowest BCUT2D eigenvalue weighted by Crippen LogP contribution is -2.43. The largest absolute Gasteiger partial charge is 0.495 e. The van der Waals surface area contributed by atoms with Crippen LogP contribution in [0.1, 0.15) is 48.9 Å². The van der Waals surface area contributed by atoms with E-state index >= 15 is 0 Å². The molecular weight excluding hydrogens is 396 g/mol. The maximum absolute atomic E-state index is 13.0. The maximum Gasteiger partial charge on any atom is 0.307 e. The summed E-state index contributed by atoms with van der Waals surface area (Å²) < 4.78 is 10.9. The predicted molar refractivity (Wildman–Crippen MR) is 116 cm³/mol. The average Bonchev–Trinajstić information content (AvgIpc) is 3.10. The highest BCUT2D eigenvalue weighted by Gasteiger charge is 2.52. The molecule has 1 spiro atoms. The second-order valence-corrected chi connectivity index (χ2v) is 8.08. The molecule has 2 aromatic carbocycles. The summed E-state index contributed by atoms with van der Waals surface area (Å²) in [6.07, 6.45) is 4.54. The van der Waals surface area contributed by atoms with E-state index < -0.39 is 11.5 Å². The third-order valence-electron chi connectivity index (χ3n) is 6.09. The van der Waals surface area contributed by atoms with E-state index in [-0.39, 0.29) is 24.2 Å². The highest BCUT2D eigenvalue weighted by Crippen LogP contribution is 2.44. The molecule has 1 heterocycles. The molecule has 1 saturated heterocycles. The number of esters is 1. The number of rotatable bonds is 5. The number of amides is 2. The first-order chi connectivity index (χ1) is 15.0. The molecule has 31 heavy (non-hydrogen) atoms. The number of ether oxygens (including phenoxy) is 2. The number of nitrogens with one attached hydrogen (secondary N) is 2. The minimum absolute atomic E-state index is 0.0970. The second-order valence-electron chi connectivity index (χ2n) is 8.08. The molecule has 4 rings (SSSR count). The van der Waals surface area contributed by atoms with Crippen LogP contribution < -0.4 is 15.4 Å². The summed E-state index contributed by atoms with van der Waals surface area (Å²) in [4.78, 5) is 37.7. The summed E-state index contributed by atoms with van der Waals surface area (Å²) >= 11 is 0. The van der Waals surface area contributed by atoms with Gasteiger partial charge in [-0.15, -0.1) is 0 Å². The molecule has 2 aliphatic rings. The molecule has 0 radical (unpaired) electrons. The Morgan fingerprint density at radius 1 is 1.03 bits per heavy atom. The van der Waals surface area contributed by atoms with Crippen LogP contribution in [0.15, 0.2) is 48.5 Å². The van der Waals surface area contributed by atoms with Gasteiger partial charge in [0.2, 0.25) is 5.91 Å². The topological polar surface area (TPSA) is 93.7 Å². The van der Waals surface area contributed by atoms with Crippen molar-refractivity contribution in [3.05, 3.63) is 54.1 Å². The zero-order chi connectivity index (χ0) is 21.8. The number of carbonyl (C=O) groups excluding carboxylic acids is 3. The lowest BCUT2D eigenvalue weighted by molar-refractivity contribution is -0.153. The van der Waals surface area contributed by atoms with E-state index in [1.807, 2.05) is 6.07 Å². The fourth-order valence-corrected chi connectivity index (χ4v) is 4.53. The summed E-state index contributed by atoms with van der Waals surface area (Å²) in [5.74, 6) is -0.818. The van der Waals surface area contributed by atoms with Crippen LogP contribution in [-0.2, 0) is 14.3 Å². The van der Waals surface area contributed by atoms with Crippen molar-refractivity contribution < 1.29 is 23.9 Å². The van der Waals surface area contributed by atoms with Gasteiger partial charge in [-0.1, -0.05) is 24.6 Å². The Kier molecular flexibility index (Phi) is 5.93. The summed E-state index contributed by atoms with van der Waals surface area (Å²) in [5, 5.41) is 5.71. The predicted octanol–water partition coefficient (Wildman–Crippen LogP) is 4.15. The SMILES string of the molecule is COc1ccccc1NC(=O)c1cccc(NC(=O)[C@H]2CC(=O)OC23CCCCC3)c1. The normalized spacial score (nSPS) is 19.5. The fourth-order valence-electron chi connectivity index (χ4n) is 4.53. The fraction of sp³-hybridized carbons (Fsp3) is 0.375. The monoisotopic (exact) mass is 422 g/mol. The van der Waals surface area contributed by atoms with Crippen LogP contribution in [0.2, 0.25) is 0 Å². The Bertz CT molecular complexity index is 997. The van der Waals surface area contributed by atoms with Crippen LogP contribution in [0.3, 0.4) is 0 Å². The Labute approximate surface area is 181 Å². The van der Waals surface area contributed by atoms with Gasteiger partial charge < -0.3 is 20.1 Å². The quantitative estimate of drug-likeness (QED) is 0.706. The number of benzene rings is 2. The van der Waals surface area contributed by atoms with E-state index in [1.54, 1.807) is 42.5 Å². The zero-order valence-electron chi connectivity index (χ0n) is 17.5. The molecule has 0 unspecified atom stereocenters. The van der Waals surface area contributed by atoms with Gasteiger partial charge in [0.15, 0.2) is 0 Å². The van der Waals surface area contributed by atoms with Crippen molar-refractivity contribution in [2.75, 3.05) is 17.7 Å². The molecule has 7 heteroatoms. The van der Waals surface area contributed by atoms with Gasteiger partial charge in [-0.05, 0) is 56.0 Å². The number of para-hydroxylation sites is 2. The molecule has 2 fully saturated rings. The molecule has 1 saturated carbocycles. The summed E-state index contributed by atoms with van der Waals surface area (Å²) in [6.45, 7) is 0. The Hall–Kier alpha value is -3.35. The van der Waals surface area contributed by atoms with Crippen LogP contribution in [0.4, 0.5) is 11.4 Å². The lowest BCUT2D eigenvalue weighted by Gasteiger charge is -2.36. The first kappa shape index (κ1) is 20.9. The van der Waals surface area contributed by atoms with Crippen LogP contribution in [0, 0.1) is 5.92 Å². The third kappa shape index (κ3) is 4.40. The second kappa shape index (κ2) is 8.79. The number of hydrogen-bond acceptors (Lipinski definition) is 5. The van der Waals surface area contributed by atoms with E-state index in [0.29, 0.717) is 22.7 Å². The number of methoxy groups -OCH3 is 1. The van der Waals surface area contributed by atoms with E-state index in [9.17, 15) is 14.4 Å². The number of anilines is 2. The van der Waals surface area contributed by atoms with Crippen molar-refractivity contribution in [2.24, 2.45) is 5.92 Å². The van der Waals surface area contributed by atoms with Gasteiger partial charge in [0, 0.05) is 11.3 Å². The van der Waals surface area contributed by atoms with E-state index in [0.717, 1.165) is 32.1 Å². The highest BCUT2D eigenvalue weighted by molar-refractivity contribution is 6.06. The average molecular weight is 422 g/mol. The van der Waals surface area contributed by atoms with Crippen molar-refractivity contribution in [1.29, 1.82) is 0 Å². The van der Waals surface area contributed by atoms with Crippen molar-refractivity contribution in [1.82, 2.24) is 0 Å². The molecule has 7 nitrogen and oxygen atoms in total. The third-order valence-corrected chi connectivity index (χ3v) is 6.09. The van der Waals surface area contributed by atoms with Gasteiger partial charge in [0.05, 0.1) is 25.1 Å². The van der Waals surface area contributed by atoms with Gasteiger partial charge >= 0.3 is 5.97 Å². The van der Waals surface area contributed by atoms with Gasteiger partial charge in [-0.2, -0.15) is 0 Å². The van der Waals surface area contributed by atoms with E-state index in [2.05, 4.69) is 10.6 Å². The summed E-state index contributed by atoms with van der Waals surface area (Å²) in [7, 11) is 1.54. The van der Waals surface area contributed by atoms with E-state index in [1.165, 1.54) is 7.11 Å². The Morgan fingerprint density at radius 2 is 1.81 bits per heavy atom. The molecular formula is C24H26N2O5. The maximum atomic E-state index is 13.0.